The molecule has 0 amide bonds. The molecule has 0 saturated carbocycles. The summed E-state index contributed by atoms with van der Waals surface area (Å²) in [7, 11) is 0. The van der Waals surface area contributed by atoms with Gasteiger partial charge in [0.15, 0.2) is 0 Å². The minimum atomic E-state index is -0.479. The van der Waals surface area contributed by atoms with Gasteiger partial charge in [0, 0.05) is 10.9 Å². The fourth-order valence-electron chi connectivity index (χ4n) is 10.5. The summed E-state index contributed by atoms with van der Waals surface area (Å²) >= 11 is 0. The molecule has 0 bridgehead atoms. The zero-order valence-electron chi connectivity index (χ0n) is 30.4. The number of rotatable bonds is 2. The van der Waals surface area contributed by atoms with Crippen LogP contribution in [0.1, 0.15) is 22.3 Å². The first-order valence-electron chi connectivity index (χ1n) is 19.5. The molecule has 1 heteroatoms. The molecule has 0 saturated heterocycles. The molecule has 0 atom stereocenters. The van der Waals surface area contributed by atoms with Crippen LogP contribution < -0.4 is 4.74 Å². The molecule has 258 valence electrons. The minimum absolute atomic E-state index is 0.479. The zero-order valence-corrected chi connectivity index (χ0v) is 30.4. The van der Waals surface area contributed by atoms with Gasteiger partial charge in [0.2, 0.25) is 0 Å². The van der Waals surface area contributed by atoms with E-state index in [1.807, 2.05) is 6.07 Å². The van der Waals surface area contributed by atoms with Gasteiger partial charge in [-0.25, -0.2) is 0 Å². The smallest absolute Gasteiger partial charge is 0.135 e. The van der Waals surface area contributed by atoms with Crippen molar-refractivity contribution in [3.63, 3.8) is 0 Å². The van der Waals surface area contributed by atoms with Crippen molar-refractivity contribution in [1.29, 1.82) is 0 Å². The van der Waals surface area contributed by atoms with E-state index >= 15 is 0 Å². The van der Waals surface area contributed by atoms with Gasteiger partial charge in [-0.1, -0.05) is 158 Å². The standard InChI is InChI=1S/C55H32O/c1-2-12-34-29-36(24-23-33(34)11-1)38-17-9-13-35-30-47-42-26-25-37(39-27-28-53-54-44(39)18-10-19-45(54)43-16-5-8-22-52(43)56-53)31-50(42)55(51(47)32-46(35)38)48-20-6-3-14-40(48)41-15-4-7-21-49(41)55/h1-32H. The molecule has 0 radical (unpaired) electrons. The van der Waals surface area contributed by atoms with Crippen LogP contribution in [0.3, 0.4) is 0 Å². The molecule has 0 N–H and O–H groups in total. The van der Waals surface area contributed by atoms with Crippen LogP contribution in [0.15, 0.2) is 194 Å². The molecule has 10 aromatic carbocycles. The quantitative estimate of drug-likeness (QED) is 0.174. The highest BCUT2D eigenvalue weighted by atomic mass is 16.5. The van der Waals surface area contributed by atoms with Crippen LogP contribution in [0, 0.1) is 0 Å². The summed E-state index contributed by atoms with van der Waals surface area (Å²) in [6.45, 7) is 0. The molecule has 0 unspecified atom stereocenters. The van der Waals surface area contributed by atoms with Gasteiger partial charge in [0.05, 0.1) is 5.41 Å². The second-order valence-electron chi connectivity index (χ2n) is 15.5. The SMILES string of the molecule is c1ccc2c(c1)Oc1ccc(-c3ccc4c(c3)C3(c5ccccc5-c5ccccc53)c3cc5c(-c6ccc7ccccc7c6)cccc5cc3-4)c3cccc-2c13. The third-order valence-corrected chi connectivity index (χ3v) is 12.9. The zero-order chi connectivity index (χ0) is 36.5. The Morgan fingerprint density at radius 2 is 0.875 bits per heavy atom. The largest absolute Gasteiger partial charge is 0.456 e. The van der Waals surface area contributed by atoms with Gasteiger partial charge < -0.3 is 4.74 Å². The van der Waals surface area contributed by atoms with E-state index in [0.717, 1.165) is 17.1 Å². The summed E-state index contributed by atoms with van der Waals surface area (Å²) in [5.41, 5.74) is 17.4. The van der Waals surface area contributed by atoms with E-state index in [9.17, 15) is 0 Å². The Labute approximate surface area is 324 Å². The average Bonchev–Trinajstić information content (AvgIpc) is 3.72. The van der Waals surface area contributed by atoms with Crippen LogP contribution in [-0.2, 0) is 5.41 Å². The van der Waals surface area contributed by atoms with Crippen LogP contribution >= 0.6 is 0 Å². The van der Waals surface area contributed by atoms with Crippen molar-refractivity contribution in [2.75, 3.05) is 0 Å². The predicted molar refractivity (Wildman–Crippen MR) is 232 cm³/mol. The fourth-order valence-corrected chi connectivity index (χ4v) is 10.5. The molecule has 1 heterocycles. The summed E-state index contributed by atoms with van der Waals surface area (Å²) in [5, 5.41) is 7.43. The van der Waals surface area contributed by atoms with Gasteiger partial charge >= 0.3 is 0 Å². The van der Waals surface area contributed by atoms with Crippen LogP contribution in [-0.4, -0.2) is 0 Å². The molecule has 0 fully saturated rings. The van der Waals surface area contributed by atoms with Crippen LogP contribution in [0.2, 0.25) is 0 Å². The molecule has 56 heavy (non-hydrogen) atoms. The topological polar surface area (TPSA) is 9.23 Å². The Kier molecular flexibility index (Phi) is 5.89. The summed E-state index contributed by atoms with van der Waals surface area (Å²) in [6.07, 6.45) is 0. The summed E-state index contributed by atoms with van der Waals surface area (Å²) in [6, 6.07) is 72.2. The normalized spacial score (nSPS) is 13.6. The molecule has 13 rings (SSSR count). The maximum atomic E-state index is 6.51. The van der Waals surface area contributed by atoms with Gasteiger partial charge in [0.1, 0.15) is 11.5 Å². The number of fused-ring (bicyclic) bond motifs is 14. The number of hydrogen-bond donors (Lipinski definition) is 0. The highest BCUT2D eigenvalue weighted by molar-refractivity contribution is 6.11. The molecule has 2 aliphatic carbocycles. The number of ether oxygens (including phenoxy) is 1. The molecule has 1 nitrogen and oxygen atoms in total. The van der Waals surface area contributed by atoms with E-state index in [1.54, 1.807) is 0 Å². The second-order valence-corrected chi connectivity index (χ2v) is 15.5. The van der Waals surface area contributed by atoms with Crippen molar-refractivity contribution in [2.45, 2.75) is 5.41 Å². The summed E-state index contributed by atoms with van der Waals surface area (Å²) in [5.74, 6) is 1.82. The van der Waals surface area contributed by atoms with Gasteiger partial charge in [-0.05, 0) is 136 Å². The van der Waals surface area contributed by atoms with Crippen molar-refractivity contribution < 1.29 is 4.74 Å². The molecule has 1 aliphatic heterocycles. The van der Waals surface area contributed by atoms with Crippen molar-refractivity contribution in [2.24, 2.45) is 0 Å². The van der Waals surface area contributed by atoms with E-state index in [0.29, 0.717) is 0 Å². The number of para-hydroxylation sites is 1. The van der Waals surface area contributed by atoms with Crippen molar-refractivity contribution in [3.05, 3.63) is 216 Å². The summed E-state index contributed by atoms with van der Waals surface area (Å²) in [4.78, 5) is 0. The fraction of sp³-hybridized carbons (Fsp3) is 0.0182. The van der Waals surface area contributed by atoms with E-state index in [2.05, 4.69) is 188 Å². The lowest BCUT2D eigenvalue weighted by Crippen LogP contribution is -2.26. The van der Waals surface area contributed by atoms with Crippen LogP contribution in [0.4, 0.5) is 0 Å². The van der Waals surface area contributed by atoms with E-state index in [-0.39, 0.29) is 0 Å². The lowest BCUT2D eigenvalue weighted by atomic mass is 9.70. The van der Waals surface area contributed by atoms with Crippen LogP contribution in [0.25, 0.3) is 88.0 Å². The monoisotopic (exact) mass is 708 g/mol. The molecular weight excluding hydrogens is 677 g/mol. The first-order valence-corrected chi connectivity index (χ1v) is 19.5. The van der Waals surface area contributed by atoms with E-state index in [1.165, 1.54) is 105 Å². The molecule has 3 aliphatic rings. The Morgan fingerprint density at radius 1 is 0.286 bits per heavy atom. The van der Waals surface area contributed by atoms with Crippen molar-refractivity contribution >= 4 is 32.3 Å². The maximum Gasteiger partial charge on any atom is 0.135 e. The Bertz CT molecular complexity index is 3300. The van der Waals surface area contributed by atoms with Gasteiger partial charge in [0.25, 0.3) is 0 Å². The molecule has 10 aromatic rings. The number of hydrogen-bond acceptors (Lipinski definition) is 1. The van der Waals surface area contributed by atoms with E-state index < -0.39 is 5.41 Å². The molecular formula is C55H32O. The van der Waals surface area contributed by atoms with Gasteiger partial charge in [-0.2, -0.15) is 0 Å². The minimum Gasteiger partial charge on any atom is -0.456 e. The highest BCUT2D eigenvalue weighted by Gasteiger charge is 2.52. The van der Waals surface area contributed by atoms with Crippen molar-refractivity contribution in [1.82, 2.24) is 0 Å². The predicted octanol–water partition coefficient (Wildman–Crippen LogP) is 14.6. The third-order valence-electron chi connectivity index (χ3n) is 12.9. The summed E-state index contributed by atoms with van der Waals surface area (Å²) < 4.78 is 6.51. The van der Waals surface area contributed by atoms with Crippen LogP contribution in [0.5, 0.6) is 11.5 Å². The average molecular weight is 709 g/mol. The molecule has 1 spiro atoms. The molecule has 0 aromatic heterocycles. The Hall–Kier alpha value is -7.22. The van der Waals surface area contributed by atoms with Gasteiger partial charge in [-0.15, -0.1) is 0 Å². The highest BCUT2D eigenvalue weighted by Crippen LogP contribution is 2.64. The second kappa shape index (κ2) is 10.9. The third kappa shape index (κ3) is 3.84. The number of benzene rings is 10. The Morgan fingerprint density at radius 3 is 1.73 bits per heavy atom. The van der Waals surface area contributed by atoms with Crippen molar-refractivity contribution in [3.8, 4) is 67.1 Å². The maximum absolute atomic E-state index is 6.51. The Balaban J connectivity index is 1.09. The van der Waals surface area contributed by atoms with Gasteiger partial charge in [-0.3, -0.25) is 0 Å². The lowest BCUT2D eigenvalue weighted by Gasteiger charge is -2.31. The van der Waals surface area contributed by atoms with E-state index in [4.69, 9.17) is 4.74 Å². The lowest BCUT2D eigenvalue weighted by molar-refractivity contribution is 0.487. The first-order chi connectivity index (χ1) is 27.8. The first kappa shape index (κ1) is 30.1.